The summed E-state index contributed by atoms with van der Waals surface area (Å²) in [5.74, 6) is -2.41. The molecular weight excluding hydrogens is 303 g/mol. The van der Waals surface area contributed by atoms with Crippen LogP contribution >= 0.6 is 21.5 Å². The van der Waals surface area contributed by atoms with Gasteiger partial charge >= 0.3 is 106 Å². The summed E-state index contributed by atoms with van der Waals surface area (Å²) < 4.78 is 16.6. The summed E-state index contributed by atoms with van der Waals surface area (Å²) in [7, 11) is 0. The number of hydrogen-bond acceptors (Lipinski definition) is 3. The van der Waals surface area contributed by atoms with Gasteiger partial charge in [0.15, 0.2) is 0 Å². The van der Waals surface area contributed by atoms with E-state index in [9.17, 15) is 0 Å². The quantitative estimate of drug-likeness (QED) is 0.698. The van der Waals surface area contributed by atoms with Crippen molar-refractivity contribution < 1.29 is 13.3 Å². The fourth-order valence-electron chi connectivity index (χ4n) is 1.79. The maximum absolute atomic E-state index is 5.54. The van der Waals surface area contributed by atoms with Crippen LogP contribution in [0.2, 0.25) is 0 Å². The van der Waals surface area contributed by atoms with Gasteiger partial charge in [0, 0.05) is 0 Å². The molecule has 17 heavy (non-hydrogen) atoms. The average Bonchev–Trinajstić information content (AvgIpc) is 3.10. The standard InChI is InChI=1S/C12H10BrO3P/c13-17(10-4-1-7-14-10,11-5-2-8-15-11)12-6-3-9-16-12/h1-9,17H. The molecule has 0 saturated carbocycles. The van der Waals surface area contributed by atoms with Gasteiger partial charge in [0.1, 0.15) is 0 Å². The summed E-state index contributed by atoms with van der Waals surface area (Å²) in [5, 5.41) is 0. The summed E-state index contributed by atoms with van der Waals surface area (Å²) in [5.41, 5.74) is 2.55. The Balaban J connectivity index is 2.21. The third kappa shape index (κ3) is 1.68. The Morgan fingerprint density at radius 3 is 1.29 bits per heavy atom. The van der Waals surface area contributed by atoms with Crippen molar-refractivity contribution in [1.82, 2.24) is 0 Å². The maximum atomic E-state index is 5.54. The molecular formula is C12H10BrO3P. The van der Waals surface area contributed by atoms with Crippen LogP contribution in [0.15, 0.2) is 68.4 Å². The molecule has 0 spiro atoms. The Morgan fingerprint density at radius 2 is 1.06 bits per heavy atom. The molecule has 0 amide bonds. The minimum atomic E-state index is -2.41. The van der Waals surface area contributed by atoms with Gasteiger partial charge in [-0.2, -0.15) is 0 Å². The summed E-state index contributed by atoms with van der Waals surface area (Å²) in [4.78, 5) is 0. The van der Waals surface area contributed by atoms with Crippen LogP contribution in [0.25, 0.3) is 0 Å². The van der Waals surface area contributed by atoms with E-state index in [1.807, 2.05) is 36.4 Å². The fourth-order valence-corrected chi connectivity index (χ4v) is 6.22. The van der Waals surface area contributed by atoms with Crippen LogP contribution in [-0.2, 0) is 0 Å². The second-order valence-electron chi connectivity index (χ2n) is 3.59. The van der Waals surface area contributed by atoms with Crippen LogP contribution in [0.1, 0.15) is 0 Å². The van der Waals surface area contributed by atoms with Crippen molar-refractivity contribution in [3.8, 4) is 0 Å². The van der Waals surface area contributed by atoms with E-state index in [0.717, 1.165) is 16.5 Å². The molecule has 5 heteroatoms. The molecule has 0 atom stereocenters. The molecule has 0 saturated heterocycles. The molecule has 0 unspecified atom stereocenters. The summed E-state index contributed by atoms with van der Waals surface area (Å²) in [6.07, 6.45) is 4.97. The molecule has 3 nitrogen and oxygen atoms in total. The first kappa shape index (κ1) is 10.9. The van der Waals surface area contributed by atoms with Crippen molar-refractivity contribution in [3.63, 3.8) is 0 Å². The molecule has 3 heterocycles. The van der Waals surface area contributed by atoms with E-state index in [1.165, 1.54) is 0 Å². The summed E-state index contributed by atoms with van der Waals surface area (Å²) >= 11 is 3.80. The van der Waals surface area contributed by atoms with Crippen LogP contribution in [0.5, 0.6) is 0 Å². The van der Waals surface area contributed by atoms with Crippen molar-refractivity contribution >= 4 is 38.0 Å². The molecule has 0 N–H and O–H groups in total. The zero-order chi connectivity index (χ0) is 11.7. The van der Waals surface area contributed by atoms with Gasteiger partial charge in [-0.1, -0.05) is 0 Å². The molecule has 0 aliphatic carbocycles. The van der Waals surface area contributed by atoms with Crippen molar-refractivity contribution in [2.75, 3.05) is 0 Å². The molecule has 0 radical (unpaired) electrons. The predicted octanol–water partition coefficient (Wildman–Crippen LogP) is 2.80. The van der Waals surface area contributed by atoms with E-state index in [2.05, 4.69) is 15.5 Å². The van der Waals surface area contributed by atoms with Gasteiger partial charge in [-0.05, 0) is 0 Å². The predicted molar refractivity (Wildman–Crippen MR) is 72.3 cm³/mol. The first-order valence-corrected chi connectivity index (χ1v) is 9.38. The van der Waals surface area contributed by atoms with Crippen molar-refractivity contribution in [2.45, 2.75) is 0 Å². The molecule has 0 bridgehead atoms. The second kappa shape index (κ2) is 4.21. The van der Waals surface area contributed by atoms with Crippen molar-refractivity contribution in [1.29, 1.82) is 0 Å². The van der Waals surface area contributed by atoms with Crippen molar-refractivity contribution in [3.05, 3.63) is 55.2 Å². The Labute approximate surface area is 106 Å². The van der Waals surface area contributed by atoms with Gasteiger partial charge < -0.3 is 0 Å². The molecule has 3 aromatic heterocycles. The van der Waals surface area contributed by atoms with E-state index in [1.54, 1.807) is 18.8 Å². The second-order valence-corrected chi connectivity index (χ2v) is 9.95. The van der Waals surface area contributed by atoms with Gasteiger partial charge in [0.2, 0.25) is 0 Å². The molecule has 88 valence electrons. The molecule has 0 aliphatic heterocycles. The van der Waals surface area contributed by atoms with Crippen LogP contribution in [-0.4, -0.2) is 0 Å². The van der Waals surface area contributed by atoms with E-state index in [4.69, 9.17) is 13.3 Å². The molecule has 0 aliphatic rings. The Hall–Kier alpha value is -1.25. The van der Waals surface area contributed by atoms with Gasteiger partial charge in [-0.3, -0.25) is 0 Å². The van der Waals surface area contributed by atoms with E-state index in [-0.39, 0.29) is 0 Å². The van der Waals surface area contributed by atoms with Crippen molar-refractivity contribution in [2.24, 2.45) is 0 Å². The van der Waals surface area contributed by atoms with E-state index >= 15 is 0 Å². The summed E-state index contributed by atoms with van der Waals surface area (Å²) in [6.45, 7) is 0. The van der Waals surface area contributed by atoms with E-state index < -0.39 is 5.96 Å². The Kier molecular flexibility index (Phi) is 2.69. The third-order valence-corrected chi connectivity index (χ3v) is 8.99. The topological polar surface area (TPSA) is 39.4 Å². The van der Waals surface area contributed by atoms with Crippen LogP contribution in [0.3, 0.4) is 0 Å². The summed E-state index contributed by atoms with van der Waals surface area (Å²) in [6, 6.07) is 11.4. The van der Waals surface area contributed by atoms with Crippen LogP contribution in [0.4, 0.5) is 0 Å². The molecule has 0 fully saturated rings. The van der Waals surface area contributed by atoms with Crippen LogP contribution < -0.4 is 16.5 Å². The third-order valence-electron chi connectivity index (χ3n) is 2.58. The van der Waals surface area contributed by atoms with E-state index in [0.29, 0.717) is 0 Å². The van der Waals surface area contributed by atoms with Gasteiger partial charge in [0.25, 0.3) is 0 Å². The SMILES string of the molecule is Br[PH](c1ccco1)(c1ccco1)c1ccco1. The normalized spacial score (nSPS) is 12.8. The van der Waals surface area contributed by atoms with Gasteiger partial charge in [0.05, 0.1) is 0 Å². The van der Waals surface area contributed by atoms with Gasteiger partial charge in [-0.25, -0.2) is 0 Å². The van der Waals surface area contributed by atoms with Gasteiger partial charge in [-0.15, -0.1) is 0 Å². The Bertz CT molecular complexity index is 485. The number of hydrogen-bond donors (Lipinski definition) is 0. The zero-order valence-corrected chi connectivity index (χ0v) is 11.4. The van der Waals surface area contributed by atoms with Crippen LogP contribution in [0, 0.1) is 0 Å². The number of furan rings is 3. The number of rotatable bonds is 3. The Morgan fingerprint density at radius 1 is 0.706 bits per heavy atom. The average molecular weight is 313 g/mol. The zero-order valence-electron chi connectivity index (χ0n) is 8.80. The molecule has 3 aromatic rings. The minimum absolute atomic E-state index is 0.849. The fraction of sp³-hybridized carbons (Fsp3) is 0. The molecule has 0 aromatic carbocycles. The number of halogens is 1. The molecule has 3 rings (SSSR count). The first-order chi connectivity index (χ1) is 8.32. The monoisotopic (exact) mass is 312 g/mol. The first-order valence-electron chi connectivity index (χ1n) is 5.12.